The maximum atomic E-state index is 10.9. The molecule has 0 spiro atoms. The fraction of sp³-hybridized carbons (Fsp3) is 0.800. The highest BCUT2D eigenvalue weighted by Gasteiger charge is 2.46. The number of rotatable bonds is 3. The molecule has 0 saturated carbocycles. The molecule has 1 saturated heterocycles. The van der Waals surface area contributed by atoms with Crippen molar-refractivity contribution in [1.82, 2.24) is 5.32 Å². The lowest BCUT2D eigenvalue weighted by Gasteiger charge is -2.41. The van der Waals surface area contributed by atoms with E-state index in [0.29, 0.717) is 0 Å². The Kier molecular flexibility index (Phi) is 5.03. The first kappa shape index (κ1) is 14.8. The van der Waals surface area contributed by atoms with Crippen molar-refractivity contribution in [3.63, 3.8) is 0 Å². The molecule has 1 rings (SSSR count). The van der Waals surface area contributed by atoms with Gasteiger partial charge in [-0.15, -0.1) is 0 Å². The van der Waals surface area contributed by atoms with Gasteiger partial charge in [-0.1, -0.05) is 0 Å². The van der Waals surface area contributed by atoms with Crippen LogP contribution in [0.15, 0.2) is 0 Å². The third-order valence-corrected chi connectivity index (χ3v) is 2.54. The van der Waals surface area contributed by atoms with Crippen LogP contribution >= 0.6 is 0 Å². The Bertz CT molecular complexity index is 321. The zero-order chi connectivity index (χ0) is 13.9. The van der Waals surface area contributed by atoms with Crippen LogP contribution in [0.2, 0.25) is 0 Å². The molecule has 104 valence electrons. The molecule has 0 aliphatic carbocycles. The minimum absolute atomic E-state index is 0.481. The maximum absolute atomic E-state index is 10.9. The summed E-state index contributed by atoms with van der Waals surface area (Å²) in [6.07, 6.45) is -5.08. The Balaban J connectivity index is 2.84. The highest BCUT2D eigenvalue weighted by Crippen LogP contribution is 2.22. The zero-order valence-corrected chi connectivity index (χ0v) is 10.1. The second-order valence-electron chi connectivity index (χ2n) is 4.04. The maximum Gasteiger partial charge on any atom is 0.303 e. The molecule has 0 bridgehead atoms. The summed E-state index contributed by atoms with van der Waals surface area (Å²) in [5, 5.41) is 30.9. The summed E-state index contributed by atoms with van der Waals surface area (Å²) in [5.74, 6) is -1.15. The van der Waals surface area contributed by atoms with Crippen LogP contribution < -0.4 is 5.32 Å². The molecule has 5 atom stereocenters. The monoisotopic (exact) mass is 263 g/mol. The second-order valence-corrected chi connectivity index (χ2v) is 4.04. The van der Waals surface area contributed by atoms with Crippen LogP contribution in [-0.2, 0) is 19.1 Å². The largest absolute Gasteiger partial charge is 0.457 e. The lowest BCUT2D eigenvalue weighted by molar-refractivity contribution is -0.259. The average molecular weight is 263 g/mol. The number of carbonyl (C=O) groups is 2. The van der Waals surface area contributed by atoms with E-state index in [-0.39, 0.29) is 0 Å². The van der Waals surface area contributed by atoms with Crippen LogP contribution in [0, 0.1) is 0 Å². The first-order valence-electron chi connectivity index (χ1n) is 5.43. The Morgan fingerprint density at radius 2 is 1.94 bits per heavy atom. The minimum Gasteiger partial charge on any atom is -0.457 e. The molecule has 1 aliphatic heterocycles. The van der Waals surface area contributed by atoms with Crippen molar-refractivity contribution >= 4 is 11.9 Å². The predicted octanol–water partition coefficient (Wildman–Crippen LogP) is -2.51. The number of ether oxygens (including phenoxy) is 2. The summed E-state index contributed by atoms with van der Waals surface area (Å²) in [6.45, 7) is 1.80. The molecule has 1 unspecified atom stereocenters. The molecule has 8 heteroatoms. The number of amides is 1. The second kappa shape index (κ2) is 6.10. The number of hydrogen-bond acceptors (Lipinski definition) is 7. The van der Waals surface area contributed by atoms with Crippen molar-refractivity contribution < 1.29 is 34.4 Å². The quantitative estimate of drug-likeness (QED) is 0.414. The van der Waals surface area contributed by atoms with Crippen LogP contribution in [-0.4, -0.2) is 64.4 Å². The Hall–Kier alpha value is -1.22. The van der Waals surface area contributed by atoms with Gasteiger partial charge in [0.25, 0.3) is 0 Å². The third-order valence-electron chi connectivity index (χ3n) is 2.54. The van der Waals surface area contributed by atoms with Gasteiger partial charge in [0.1, 0.15) is 18.2 Å². The normalized spacial score (nSPS) is 35.9. The Morgan fingerprint density at radius 1 is 1.33 bits per heavy atom. The molecule has 0 aromatic heterocycles. The Labute approximate surface area is 104 Å². The summed E-state index contributed by atoms with van der Waals surface area (Å²) >= 11 is 0. The molecule has 8 nitrogen and oxygen atoms in total. The summed E-state index contributed by atoms with van der Waals surface area (Å²) in [7, 11) is 0. The van der Waals surface area contributed by atoms with Crippen molar-refractivity contribution in [3.8, 4) is 0 Å². The molecule has 0 radical (unpaired) electrons. The number of aliphatic hydroxyl groups excluding tert-OH is 3. The van der Waals surface area contributed by atoms with E-state index in [1.54, 1.807) is 0 Å². The van der Waals surface area contributed by atoms with Gasteiger partial charge in [-0.25, -0.2) is 0 Å². The minimum atomic E-state index is -1.49. The van der Waals surface area contributed by atoms with Gasteiger partial charge < -0.3 is 30.1 Å². The fourth-order valence-corrected chi connectivity index (χ4v) is 1.81. The third kappa shape index (κ3) is 3.39. The number of carbonyl (C=O) groups excluding carboxylic acids is 2. The number of aliphatic hydroxyl groups is 3. The van der Waals surface area contributed by atoms with E-state index in [9.17, 15) is 19.8 Å². The standard InChI is InChI=1S/C10H17NO7/c1-4(13)11-7-8(15)9(17-5(2)14)6(3-12)18-10(7)16/h6-10,12,15-16H,3H2,1-2H3,(H,11,13)/t6-,7-,8-,9-,10?/m1/s1. The molecule has 1 fully saturated rings. The van der Waals surface area contributed by atoms with Gasteiger partial charge in [0.05, 0.1) is 6.61 Å². The van der Waals surface area contributed by atoms with Crippen LogP contribution in [0.4, 0.5) is 0 Å². The highest BCUT2D eigenvalue weighted by atomic mass is 16.6. The molecular weight excluding hydrogens is 246 g/mol. The topological polar surface area (TPSA) is 125 Å². The van der Waals surface area contributed by atoms with Crippen molar-refractivity contribution in [1.29, 1.82) is 0 Å². The summed E-state index contributed by atoms with van der Waals surface area (Å²) in [5.41, 5.74) is 0. The molecule has 0 aromatic carbocycles. The van der Waals surface area contributed by atoms with Gasteiger partial charge in [-0.05, 0) is 0 Å². The molecule has 18 heavy (non-hydrogen) atoms. The summed E-state index contributed by atoms with van der Waals surface area (Å²) in [4.78, 5) is 21.8. The van der Waals surface area contributed by atoms with E-state index in [1.807, 2.05) is 0 Å². The van der Waals surface area contributed by atoms with Gasteiger partial charge in [0.15, 0.2) is 12.4 Å². The molecule has 4 N–H and O–H groups in total. The van der Waals surface area contributed by atoms with Gasteiger partial charge in [0.2, 0.25) is 5.91 Å². The van der Waals surface area contributed by atoms with Crippen molar-refractivity contribution in [2.75, 3.05) is 6.61 Å². The molecule has 1 heterocycles. The van der Waals surface area contributed by atoms with E-state index < -0.39 is 49.1 Å². The van der Waals surface area contributed by atoms with Crippen LogP contribution in [0.3, 0.4) is 0 Å². The first-order valence-corrected chi connectivity index (χ1v) is 5.43. The van der Waals surface area contributed by atoms with Gasteiger partial charge >= 0.3 is 5.97 Å². The number of esters is 1. The highest BCUT2D eigenvalue weighted by molar-refractivity contribution is 5.73. The van der Waals surface area contributed by atoms with Crippen LogP contribution in [0.5, 0.6) is 0 Å². The van der Waals surface area contributed by atoms with Gasteiger partial charge in [0, 0.05) is 13.8 Å². The average Bonchev–Trinajstić information content (AvgIpc) is 2.27. The van der Waals surface area contributed by atoms with Crippen LogP contribution in [0.1, 0.15) is 13.8 Å². The summed E-state index contributed by atoms with van der Waals surface area (Å²) < 4.78 is 9.82. The SMILES string of the molecule is CC(=O)N[C@H]1C(O)O[C@H](CO)[C@@H](OC(C)=O)[C@@H]1O. The van der Waals surface area contributed by atoms with E-state index in [0.717, 1.165) is 6.92 Å². The van der Waals surface area contributed by atoms with Crippen molar-refractivity contribution in [3.05, 3.63) is 0 Å². The summed E-state index contributed by atoms with van der Waals surface area (Å²) in [6, 6.07) is -1.13. The smallest absolute Gasteiger partial charge is 0.303 e. The number of hydrogen-bond donors (Lipinski definition) is 4. The molecular formula is C10H17NO7. The van der Waals surface area contributed by atoms with Crippen molar-refractivity contribution in [2.24, 2.45) is 0 Å². The molecule has 0 aromatic rings. The lowest BCUT2D eigenvalue weighted by Crippen LogP contribution is -2.64. The number of nitrogens with one attached hydrogen (secondary N) is 1. The first-order chi connectivity index (χ1) is 8.36. The zero-order valence-electron chi connectivity index (χ0n) is 10.1. The van der Waals surface area contributed by atoms with E-state index in [4.69, 9.17) is 14.6 Å². The fourth-order valence-electron chi connectivity index (χ4n) is 1.81. The van der Waals surface area contributed by atoms with E-state index in [1.165, 1.54) is 6.92 Å². The van der Waals surface area contributed by atoms with E-state index >= 15 is 0 Å². The Morgan fingerprint density at radius 3 is 2.39 bits per heavy atom. The van der Waals surface area contributed by atoms with Crippen molar-refractivity contribution in [2.45, 2.75) is 44.5 Å². The lowest BCUT2D eigenvalue weighted by atomic mass is 9.96. The van der Waals surface area contributed by atoms with E-state index in [2.05, 4.69) is 5.32 Å². The van der Waals surface area contributed by atoms with Gasteiger partial charge in [-0.3, -0.25) is 9.59 Å². The van der Waals surface area contributed by atoms with Crippen LogP contribution in [0.25, 0.3) is 0 Å². The molecule has 1 aliphatic rings. The van der Waals surface area contributed by atoms with Gasteiger partial charge in [-0.2, -0.15) is 0 Å². The molecule has 1 amide bonds. The predicted molar refractivity (Wildman–Crippen MR) is 57.1 cm³/mol.